The Kier molecular flexibility index (Phi) is 4.21. The lowest BCUT2D eigenvalue weighted by atomic mass is 9.99. The molecule has 0 saturated heterocycles. The highest BCUT2D eigenvalue weighted by Crippen LogP contribution is 2.28. The number of benzene rings is 2. The molecule has 0 bridgehead atoms. The van der Waals surface area contributed by atoms with E-state index in [4.69, 9.17) is 0 Å². The molecule has 0 fully saturated rings. The summed E-state index contributed by atoms with van der Waals surface area (Å²) >= 11 is 1.60. The van der Waals surface area contributed by atoms with Gasteiger partial charge in [-0.2, -0.15) is 0 Å². The van der Waals surface area contributed by atoms with Crippen LogP contribution in [0.5, 0.6) is 0 Å². The normalized spacial score (nSPS) is 11.6. The van der Waals surface area contributed by atoms with Gasteiger partial charge in [0.15, 0.2) is 0 Å². The number of aromatic nitrogens is 1. The third-order valence-corrected chi connectivity index (χ3v) is 4.60. The minimum absolute atomic E-state index is 0.123. The standard InChI is InChI=1S/C18H16N2O2S/c1-12(2)14-9-7-13(11-16(14)20(21)22)8-10-18-19-15-5-3-4-6-17(15)23-18/h3-12H,1-2H3/b10-8+. The molecule has 0 saturated carbocycles. The lowest BCUT2D eigenvalue weighted by Crippen LogP contribution is -1.97. The third kappa shape index (κ3) is 3.29. The van der Waals surface area contributed by atoms with Gasteiger partial charge in [-0.3, -0.25) is 10.1 Å². The Morgan fingerprint density at radius 1 is 1.17 bits per heavy atom. The number of hydrogen-bond donors (Lipinski definition) is 0. The minimum Gasteiger partial charge on any atom is -0.258 e. The Labute approximate surface area is 138 Å². The molecule has 116 valence electrons. The van der Waals surface area contributed by atoms with Gasteiger partial charge in [-0.25, -0.2) is 4.98 Å². The first kappa shape index (κ1) is 15.4. The fourth-order valence-electron chi connectivity index (χ4n) is 2.44. The van der Waals surface area contributed by atoms with E-state index in [9.17, 15) is 10.1 Å². The molecule has 23 heavy (non-hydrogen) atoms. The summed E-state index contributed by atoms with van der Waals surface area (Å²) < 4.78 is 1.13. The molecule has 3 aromatic rings. The number of hydrogen-bond acceptors (Lipinski definition) is 4. The highest BCUT2D eigenvalue weighted by Gasteiger charge is 2.16. The Morgan fingerprint density at radius 2 is 1.96 bits per heavy atom. The van der Waals surface area contributed by atoms with E-state index in [0.717, 1.165) is 26.4 Å². The van der Waals surface area contributed by atoms with Crippen molar-refractivity contribution in [3.8, 4) is 0 Å². The van der Waals surface area contributed by atoms with Crippen molar-refractivity contribution < 1.29 is 4.92 Å². The van der Waals surface area contributed by atoms with E-state index in [-0.39, 0.29) is 16.5 Å². The zero-order valence-corrected chi connectivity index (χ0v) is 13.7. The van der Waals surface area contributed by atoms with Gasteiger partial charge in [0.05, 0.1) is 15.1 Å². The molecule has 3 rings (SSSR count). The Hall–Kier alpha value is -2.53. The Balaban J connectivity index is 1.92. The van der Waals surface area contributed by atoms with E-state index in [1.54, 1.807) is 17.4 Å². The summed E-state index contributed by atoms with van der Waals surface area (Å²) in [5.74, 6) is 0.123. The predicted octanol–water partition coefficient (Wildman–Crippen LogP) is 5.50. The van der Waals surface area contributed by atoms with Crippen molar-refractivity contribution in [2.24, 2.45) is 0 Å². The van der Waals surface area contributed by atoms with Gasteiger partial charge in [-0.05, 0) is 29.7 Å². The second-order valence-corrected chi connectivity index (χ2v) is 6.65. The lowest BCUT2D eigenvalue weighted by molar-refractivity contribution is -0.385. The minimum atomic E-state index is -0.315. The van der Waals surface area contributed by atoms with Crippen molar-refractivity contribution in [2.45, 2.75) is 19.8 Å². The molecule has 0 radical (unpaired) electrons. The molecule has 5 heteroatoms. The molecule has 1 heterocycles. The zero-order chi connectivity index (χ0) is 16.4. The van der Waals surface area contributed by atoms with Crippen LogP contribution in [0.2, 0.25) is 0 Å². The monoisotopic (exact) mass is 324 g/mol. The van der Waals surface area contributed by atoms with Crippen LogP contribution >= 0.6 is 11.3 Å². The summed E-state index contributed by atoms with van der Waals surface area (Å²) in [7, 11) is 0. The van der Waals surface area contributed by atoms with Crippen molar-refractivity contribution >= 4 is 39.4 Å². The quantitative estimate of drug-likeness (QED) is 0.470. The van der Waals surface area contributed by atoms with Crippen molar-refractivity contribution in [1.29, 1.82) is 0 Å². The van der Waals surface area contributed by atoms with E-state index >= 15 is 0 Å². The number of nitro groups is 1. The van der Waals surface area contributed by atoms with Gasteiger partial charge in [0.1, 0.15) is 5.01 Å². The summed E-state index contributed by atoms with van der Waals surface area (Å²) in [5.41, 5.74) is 2.71. The van der Waals surface area contributed by atoms with Crippen molar-refractivity contribution in [2.75, 3.05) is 0 Å². The third-order valence-electron chi connectivity index (χ3n) is 3.60. The van der Waals surface area contributed by atoms with E-state index < -0.39 is 0 Å². The van der Waals surface area contributed by atoms with Gasteiger partial charge in [0.25, 0.3) is 5.69 Å². The van der Waals surface area contributed by atoms with Crippen LogP contribution in [0.3, 0.4) is 0 Å². The summed E-state index contributed by atoms with van der Waals surface area (Å²) in [4.78, 5) is 15.5. The maximum atomic E-state index is 11.2. The van der Waals surface area contributed by atoms with Crippen LogP contribution in [0.15, 0.2) is 42.5 Å². The highest BCUT2D eigenvalue weighted by molar-refractivity contribution is 7.19. The molecule has 4 nitrogen and oxygen atoms in total. The maximum absolute atomic E-state index is 11.2. The van der Waals surface area contributed by atoms with Gasteiger partial charge in [-0.15, -0.1) is 11.3 Å². The molecular weight excluding hydrogens is 308 g/mol. The van der Waals surface area contributed by atoms with Crippen LogP contribution < -0.4 is 0 Å². The molecular formula is C18H16N2O2S. The van der Waals surface area contributed by atoms with Gasteiger partial charge >= 0.3 is 0 Å². The molecule has 0 spiro atoms. The number of nitrogens with zero attached hydrogens (tertiary/aromatic N) is 2. The van der Waals surface area contributed by atoms with Crippen molar-refractivity contribution in [3.05, 3.63) is 68.7 Å². The summed E-state index contributed by atoms with van der Waals surface area (Å²) in [6, 6.07) is 13.3. The van der Waals surface area contributed by atoms with E-state index in [1.807, 2.05) is 62.4 Å². The number of fused-ring (bicyclic) bond motifs is 1. The predicted molar refractivity (Wildman–Crippen MR) is 95.7 cm³/mol. The van der Waals surface area contributed by atoms with E-state index in [0.29, 0.717) is 0 Å². The molecule has 1 aromatic heterocycles. The highest BCUT2D eigenvalue weighted by atomic mass is 32.1. The second-order valence-electron chi connectivity index (χ2n) is 5.58. The smallest absolute Gasteiger partial charge is 0.258 e. The van der Waals surface area contributed by atoms with Crippen LogP contribution in [0.1, 0.15) is 35.9 Å². The Bertz CT molecular complexity index is 864. The first-order chi connectivity index (χ1) is 11.0. The number of rotatable bonds is 4. The van der Waals surface area contributed by atoms with Gasteiger partial charge in [-0.1, -0.05) is 44.2 Å². The van der Waals surface area contributed by atoms with Gasteiger partial charge in [0, 0.05) is 11.6 Å². The maximum Gasteiger partial charge on any atom is 0.273 e. The molecule has 0 atom stereocenters. The molecule has 2 aromatic carbocycles. The van der Waals surface area contributed by atoms with Crippen LogP contribution in [0, 0.1) is 10.1 Å². The fourth-order valence-corrected chi connectivity index (χ4v) is 3.31. The zero-order valence-electron chi connectivity index (χ0n) is 12.9. The second kappa shape index (κ2) is 6.30. The summed E-state index contributed by atoms with van der Waals surface area (Å²) in [6.07, 6.45) is 3.77. The Morgan fingerprint density at radius 3 is 2.65 bits per heavy atom. The SMILES string of the molecule is CC(C)c1ccc(/C=C/c2nc3ccccc3s2)cc1[N+](=O)[O-]. The van der Waals surface area contributed by atoms with Crippen LogP contribution in [0.4, 0.5) is 5.69 Å². The molecule has 0 aliphatic heterocycles. The first-order valence-electron chi connectivity index (χ1n) is 7.36. The molecule has 0 N–H and O–H groups in total. The summed E-state index contributed by atoms with van der Waals surface area (Å²) in [5, 5.41) is 12.1. The number of thiazole rings is 1. The van der Waals surface area contributed by atoms with Crippen LogP contribution in [-0.2, 0) is 0 Å². The van der Waals surface area contributed by atoms with E-state index in [1.165, 1.54) is 0 Å². The van der Waals surface area contributed by atoms with E-state index in [2.05, 4.69) is 4.98 Å². The first-order valence-corrected chi connectivity index (χ1v) is 8.18. The van der Waals surface area contributed by atoms with Gasteiger partial charge < -0.3 is 0 Å². The van der Waals surface area contributed by atoms with Crippen LogP contribution in [-0.4, -0.2) is 9.91 Å². The molecule has 0 aliphatic rings. The fraction of sp³-hybridized carbons (Fsp3) is 0.167. The number of para-hydroxylation sites is 1. The van der Waals surface area contributed by atoms with Crippen molar-refractivity contribution in [3.63, 3.8) is 0 Å². The molecule has 0 unspecified atom stereocenters. The van der Waals surface area contributed by atoms with Crippen LogP contribution in [0.25, 0.3) is 22.4 Å². The number of nitro benzene ring substituents is 1. The van der Waals surface area contributed by atoms with Crippen molar-refractivity contribution in [1.82, 2.24) is 4.98 Å². The summed E-state index contributed by atoms with van der Waals surface area (Å²) in [6.45, 7) is 3.91. The average molecular weight is 324 g/mol. The van der Waals surface area contributed by atoms with Gasteiger partial charge in [0.2, 0.25) is 0 Å². The largest absolute Gasteiger partial charge is 0.273 e. The average Bonchev–Trinajstić information content (AvgIpc) is 2.95. The lowest BCUT2D eigenvalue weighted by Gasteiger charge is -2.06. The molecule has 0 amide bonds. The topological polar surface area (TPSA) is 56.0 Å². The molecule has 0 aliphatic carbocycles.